The van der Waals surface area contributed by atoms with Crippen LogP contribution >= 0.6 is 11.3 Å². The van der Waals surface area contributed by atoms with E-state index in [1.54, 1.807) is 11.3 Å². The average Bonchev–Trinajstić information content (AvgIpc) is 3.10. The molecule has 0 unspecified atom stereocenters. The fourth-order valence-electron chi connectivity index (χ4n) is 3.25. The lowest BCUT2D eigenvalue weighted by molar-refractivity contribution is -0.131. The van der Waals surface area contributed by atoms with Crippen LogP contribution < -0.4 is 0 Å². The van der Waals surface area contributed by atoms with Gasteiger partial charge in [-0.3, -0.25) is 14.8 Å². The zero-order valence-electron chi connectivity index (χ0n) is 15.0. The molecule has 1 saturated heterocycles. The van der Waals surface area contributed by atoms with E-state index in [9.17, 15) is 4.79 Å². The number of aromatic nitrogens is 2. The summed E-state index contributed by atoms with van der Waals surface area (Å²) in [4.78, 5) is 26.7. The molecule has 25 heavy (non-hydrogen) atoms. The third-order valence-corrected chi connectivity index (χ3v) is 5.48. The summed E-state index contributed by atoms with van der Waals surface area (Å²) < 4.78 is 0. The number of amides is 1. The van der Waals surface area contributed by atoms with E-state index in [0.29, 0.717) is 12.3 Å². The van der Waals surface area contributed by atoms with Crippen molar-refractivity contribution in [2.45, 2.75) is 32.2 Å². The van der Waals surface area contributed by atoms with Crippen molar-refractivity contribution >= 4 is 17.2 Å². The summed E-state index contributed by atoms with van der Waals surface area (Å²) in [5, 5.41) is 2.03. The molecule has 1 aliphatic rings. The summed E-state index contributed by atoms with van der Waals surface area (Å²) in [5.74, 6) is 0.855. The maximum atomic E-state index is 12.4. The van der Waals surface area contributed by atoms with E-state index in [1.165, 1.54) is 0 Å². The molecule has 0 aromatic carbocycles. The van der Waals surface area contributed by atoms with E-state index in [2.05, 4.69) is 14.9 Å². The fourth-order valence-corrected chi connectivity index (χ4v) is 3.94. The van der Waals surface area contributed by atoms with Crippen molar-refractivity contribution in [2.75, 3.05) is 27.2 Å². The highest BCUT2D eigenvalue weighted by Crippen LogP contribution is 2.22. The maximum absolute atomic E-state index is 12.4. The molecule has 134 valence electrons. The molecule has 0 radical (unpaired) electrons. The number of hydrogen-bond acceptors (Lipinski definition) is 5. The van der Waals surface area contributed by atoms with Crippen molar-refractivity contribution in [3.05, 3.63) is 46.2 Å². The Morgan fingerprint density at radius 2 is 1.96 bits per heavy atom. The SMILES string of the molecule is CN(C)Cc1cnc(CC2CCN(C(=O)Cc3cccs3)CC2)cn1. The predicted octanol–water partition coefficient (Wildman–Crippen LogP) is 2.62. The predicted molar refractivity (Wildman–Crippen MR) is 100 cm³/mol. The van der Waals surface area contributed by atoms with Crippen LogP contribution in [0.15, 0.2) is 29.9 Å². The first kappa shape index (κ1) is 18.0. The van der Waals surface area contributed by atoms with Crippen molar-refractivity contribution in [3.63, 3.8) is 0 Å². The molecule has 2 aromatic rings. The second-order valence-corrected chi connectivity index (χ2v) is 8.05. The van der Waals surface area contributed by atoms with E-state index >= 15 is 0 Å². The van der Waals surface area contributed by atoms with Gasteiger partial charge in [-0.15, -0.1) is 11.3 Å². The van der Waals surface area contributed by atoms with Crippen LogP contribution in [-0.4, -0.2) is 52.9 Å². The molecule has 2 aromatic heterocycles. The Bertz CT molecular complexity index is 661. The van der Waals surface area contributed by atoms with Gasteiger partial charge >= 0.3 is 0 Å². The molecule has 6 heteroatoms. The third-order valence-electron chi connectivity index (χ3n) is 4.61. The number of hydrogen-bond donors (Lipinski definition) is 0. The number of carbonyl (C=O) groups excluding carboxylic acids is 1. The summed E-state index contributed by atoms with van der Waals surface area (Å²) >= 11 is 1.66. The molecule has 0 saturated carbocycles. The number of thiophene rings is 1. The van der Waals surface area contributed by atoms with E-state index in [1.807, 2.05) is 48.9 Å². The molecule has 0 spiro atoms. The molecular formula is C19H26N4OS. The third kappa shape index (κ3) is 5.34. The first-order chi connectivity index (χ1) is 12.1. The average molecular weight is 359 g/mol. The van der Waals surface area contributed by atoms with Crippen LogP contribution in [0.3, 0.4) is 0 Å². The molecule has 3 heterocycles. The second-order valence-electron chi connectivity index (χ2n) is 7.02. The van der Waals surface area contributed by atoms with Gasteiger partial charge in [0.15, 0.2) is 0 Å². The van der Waals surface area contributed by atoms with Crippen molar-refractivity contribution in [3.8, 4) is 0 Å². The Hall–Kier alpha value is -1.79. The molecule has 1 amide bonds. The van der Waals surface area contributed by atoms with Gasteiger partial charge in [-0.2, -0.15) is 0 Å². The topological polar surface area (TPSA) is 49.3 Å². The van der Waals surface area contributed by atoms with Crippen molar-refractivity contribution < 1.29 is 4.79 Å². The summed E-state index contributed by atoms with van der Waals surface area (Å²) in [6.45, 7) is 2.54. The minimum absolute atomic E-state index is 0.258. The lowest BCUT2D eigenvalue weighted by atomic mass is 9.92. The molecular weight excluding hydrogens is 332 g/mol. The Kier molecular flexibility index (Phi) is 6.15. The summed E-state index contributed by atoms with van der Waals surface area (Å²) in [6, 6.07) is 4.04. The van der Waals surface area contributed by atoms with Crippen molar-refractivity contribution in [1.29, 1.82) is 0 Å². The largest absolute Gasteiger partial charge is 0.342 e. The lowest BCUT2D eigenvalue weighted by Gasteiger charge is -2.32. The minimum Gasteiger partial charge on any atom is -0.342 e. The summed E-state index contributed by atoms with van der Waals surface area (Å²) in [5.41, 5.74) is 2.06. The summed E-state index contributed by atoms with van der Waals surface area (Å²) in [6.07, 6.45) is 7.40. The van der Waals surface area contributed by atoms with Gasteiger partial charge in [0.2, 0.25) is 5.91 Å². The highest BCUT2D eigenvalue weighted by Gasteiger charge is 2.23. The van der Waals surface area contributed by atoms with Crippen LogP contribution in [0.25, 0.3) is 0 Å². The lowest BCUT2D eigenvalue weighted by Crippen LogP contribution is -2.39. The summed E-state index contributed by atoms with van der Waals surface area (Å²) in [7, 11) is 4.06. The molecule has 0 bridgehead atoms. The number of likely N-dealkylation sites (tertiary alicyclic amines) is 1. The zero-order valence-corrected chi connectivity index (χ0v) is 15.8. The van der Waals surface area contributed by atoms with Crippen molar-refractivity contribution in [1.82, 2.24) is 19.8 Å². The van der Waals surface area contributed by atoms with Gasteiger partial charge in [-0.1, -0.05) is 6.07 Å². The van der Waals surface area contributed by atoms with Crippen LogP contribution in [-0.2, 0) is 24.2 Å². The molecule has 0 aliphatic carbocycles. The van der Waals surface area contributed by atoms with Gasteiger partial charge in [0.05, 0.1) is 24.0 Å². The van der Waals surface area contributed by atoms with Gasteiger partial charge in [0.25, 0.3) is 0 Å². The van der Waals surface area contributed by atoms with E-state index in [0.717, 1.165) is 55.2 Å². The maximum Gasteiger partial charge on any atom is 0.227 e. The second kappa shape index (κ2) is 8.54. The monoisotopic (exact) mass is 358 g/mol. The standard InChI is InChI=1S/C19H26N4OS/c1-22(2)14-17-13-20-16(12-21-17)10-15-5-7-23(8-6-15)19(24)11-18-4-3-9-25-18/h3-4,9,12-13,15H,5-8,10-11,14H2,1-2H3. The van der Waals surface area contributed by atoms with E-state index < -0.39 is 0 Å². The van der Waals surface area contributed by atoms with Crippen LogP contribution in [0, 0.1) is 5.92 Å². The van der Waals surface area contributed by atoms with Gasteiger partial charge in [-0.05, 0) is 50.7 Å². The first-order valence-electron chi connectivity index (χ1n) is 8.85. The van der Waals surface area contributed by atoms with Crippen LogP contribution in [0.5, 0.6) is 0 Å². The van der Waals surface area contributed by atoms with Gasteiger partial charge in [0.1, 0.15) is 0 Å². The minimum atomic E-state index is 0.258. The smallest absolute Gasteiger partial charge is 0.227 e. The number of nitrogens with zero attached hydrogens (tertiary/aromatic N) is 4. The highest BCUT2D eigenvalue weighted by molar-refractivity contribution is 7.10. The van der Waals surface area contributed by atoms with Crippen LogP contribution in [0.1, 0.15) is 29.1 Å². The molecule has 0 atom stereocenters. The van der Waals surface area contributed by atoms with Crippen molar-refractivity contribution in [2.24, 2.45) is 5.92 Å². The number of rotatable bonds is 6. The van der Waals surface area contributed by atoms with Crippen LogP contribution in [0.4, 0.5) is 0 Å². The molecule has 1 fully saturated rings. The zero-order chi connectivity index (χ0) is 17.6. The Morgan fingerprint density at radius 1 is 1.24 bits per heavy atom. The van der Waals surface area contributed by atoms with Crippen LogP contribution in [0.2, 0.25) is 0 Å². The van der Waals surface area contributed by atoms with Gasteiger partial charge < -0.3 is 9.80 Å². The first-order valence-corrected chi connectivity index (χ1v) is 9.73. The number of carbonyl (C=O) groups is 1. The number of piperidine rings is 1. The molecule has 0 N–H and O–H groups in total. The quantitative estimate of drug-likeness (QED) is 0.796. The molecule has 3 rings (SSSR count). The highest BCUT2D eigenvalue weighted by atomic mass is 32.1. The van der Waals surface area contributed by atoms with Gasteiger partial charge in [0, 0.05) is 30.7 Å². The normalized spacial score (nSPS) is 15.7. The molecule has 5 nitrogen and oxygen atoms in total. The Labute approximate surface area is 153 Å². The fraction of sp³-hybridized carbons (Fsp3) is 0.526. The van der Waals surface area contributed by atoms with Gasteiger partial charge in [-0.25, -0.2) is 0 Å². The Balaban J connectivity index is 1.45. The Morgan fingerprint density at radius 3 is 2.56 bits per heavy atom. The van der Waals surface area contributed by atoms with E-state index in [-0.39, 0.29) is 5.91 Å². The van der Waals surface area contributed by atoms with E-state index in [4.69, 9.17) is 0 Å². The molecule has 1 aliphatic heterocycles.